The van der Waals surface area contributed by atoms with Crippen LogP contribution in [-0.2, 0) is 14.3 Å². The van der Waals surface area contributed by atoms with Crippen LogP contribution >= 0.6 is 0 Å². The maximum absolute atomic E-state index is 12.1. The summed E-state index contributed by atoms with van der Waals surface area (Å²) in [6.45, 7) is 8.06. The molecule has 0 spiro atoms. The Kier molecular flexibility index (Phi) is 3.81. The summed E-state index contributed by atoms with van der Waals surface area (Å²) in [7, 11) is 1.65. The number of nitrogens with one attached hydrogen (secondary N) is 1. The predicted molar refractivity (Wildman–Crippen MR) is 64.5 cm³/mol. The lowest BCUT2D eigenvalue weighted by molar-refractivity contribution is -0.149. The Morgan fingerprint density at radius 2 is 2.00 bits per heavy atom. The highest BCUT2D eigenvalue weighted by Crippen LogP contribution is 2.18. The summed E-state index contributed by atoms with van der Waals surface area (Å²) >= 11 is 0. The average molecular weight is 242 g/mol. The molecule has 17 heavy (non-hydrogen) atoms. The molecule has 1 heterocycles. The van der Waals surface area contributed by atoms with Crippen molar-refractivity contribution in [2.24, 2.45) is 0 Å². The Bertz CT molecular complexity index is 324. The molecule has 0 radical (unpaired) electrons. The molecule has 2 amide bonds. The fourth-order valence-electron chi connectivity index (χ4n) is 1.77. The van der Waals surface area contributed by atoms with Crippen molar-refractivity contribution < 1.29 is 14.3 Å². The molecule has 1 aliphatic rings. The third kappa shape index (κ3) is 3.43. The topological polar surface area (TPSA) is 58.6 Å². The second kappa shape index (κ2) is 4.64. The summed E-state index contributed by atoms with van der Waals surface area (Å²) in [5.74, 6) is -0.145. The van der Waals surface area contributed by atoms with E-state index in [2.05, 4.69) is 5.32 Å². The number of hydrogen-bond acceptors (Lipinski definition) is 3. The van der Waals surface area contributed by atoms with E-state index in [9.17, 15) is 9.59 Å². The molecule has 1 aliphatic heterocycles. The largest absolute Gasteiger partial charge is 0.379 e. The highest BCUT2D eigenvalue weighted by atomic mass is 16.5. The molecule has 0 atom stereocenters. The molecule has 0 aromatic rings. The van der Waals surface area contributed by atoms with Crippen LogP contribution in [0.3, 0.4) is 0 Å². The van der Waals surface area contributed by atoms with E-state index in [0.29, 0.717) is 13.0 Å². The van der Waals surface area contributed by atoms with Crippen LogP contribution in [0.15, 0.2) is 0 Å². The Labute approximate surface area is 102 Å². The molecule has 0 bridgehead atoms. The van der Waals surface area contributed by atoms with Crippen molar-refractivity contribution in [1.82, 2.24) is 10.2 Å². The number of ether oxygens (including phenoxy) is 1. The lowest BCUT2D eigenvalue weighted by Gasteiger charge is -2.38. The van der Waals surface area contributed by atoms with Gasteiger partial charge >= 0.3 is 0 Å². The Balaban J connectivity index is 2.64. The third-order valence-electron chi connectivity index (χ3n) is 3.14. The summed E-state index contributed by atoms with van der Waals surface area (Å²) in [6.07, 6.45) is 0.707. The first-order chi connectivity index (χ1) is 7.68. The number of rotatable bonds is 4. The van der Waals surface area contributed by atoms with Gasteiger partial charge in [-0.1, -0.05) is 0 Å². The van der Waals surface area contributed by atoms with E-state index < -0.39 is 5.54 Å². The molecule has 0 aromatic carbocycles. The number of nitrogens with zero attached hydrogens (tertiary/aromatic N) is 1. The van der Waals surface area contributed by atoms with Crippen molar-refractivity contribution in [2.45, 2.75) is 45.3 Å². The van der Waals surface area contributed by atoms with Gasteiger partial charge in [0.2, 0.25) is 11.8 Å². The maximum atomic E-state index is 12.1. The van der Waals surface area contributed by atoms with E-state index in [0.717, 1.165) is 0 Å². The van der Waals surface area contributed by atoms with Crippen molar-refractivity contribution in [2.75, 3.05) is 20.2 Å². The SMILES string of the molecule is COC(C)(C)CCN1CC(=O)NC(C)(C)C1=O. The van der Waals surface area contributed by atoms with Gasteiger partial charge in [-0.2, -0.15) is 0 Å². The minimum absolute atomic E-state index is 0.0380. The van der Waals surface area contributed by atoms with Gasteiger partial charge in [0.1, 0.15) is 5.54 Å². The number of amides is 2. The molecule has 5 nitrogen and oxygen atoms in total. The Hall–Kier alpha value is -1.10. The maximum Gasteiger partial charge on any atom is 0.248 e. The molecule has 1 rings (SSSR count). The molecular weight excluding hydrogens is 220 g/mol. The third-order valence-corrected chi connectivity index (χ3v) is 3.14. The summed E-state index contributed by atoms with van der Waals surface area (Å²) in [5.41, 5.74) is -1.08. The van der Waals surface area contributed by atoms with Crippen LogP contribution < -0.4 is 5.32 Å². The van der Waals surface area contributed by atoms with E-state index in [1.807, 2.05) is 13.8 Å². The highest BCUT2D eigenvalue weighted by Gasteiger charge is 2.39. The van der Waals surface area contributed by atoms with Gasteiger partial charge in [-0.25, -0.2) is 0 Å². The van der Waals surface area contributed by atoms with Gasteiger partial charge in [-0.15, -0.1) is 0 Å². The van der Waals surface area contributed by atoms with Gasteiger partial charge in [-0.3, -0.25) is 9.59 Å². The van der Waals surface area contributed by atoms with Crippen molar-refractivity contribution in [3.8, 4) is 0 Å². The first-order valence-corrected chi connectivity index (χ1v) is 5.83. The molecule has 1 saturated heterocycles. The minimum atomic E-state index is -0.799. The van der Waals surface area contributed by atoms with Crippen molar-refractivity contribution >= 4 is 11.8 Å². The Morgan fingerprint density at radius 3 is 2.53 bits per heavy atom. The number of piperazine rings is 1. The van der Waals surface area contributed by atoms with Crippen LogP contribution in [-0.4, -0.2) is 48.1 Å². The van der Waals surface area contributed by atoms with Crippen molar-refractivity contribution in [1.29, 1.82) is 0 Å². The van der Waals surface area contributed by atoms with Gasteiger partial charge < -0.3 is 15.0 Å². The van der Waals surface area contributed by atoms with Crippen LogP contribution in [0.1, 0.15) is 34.1 Å². The van der Waals surface area contributed by atoms with Crippen molar-refractivity contribution in [3.63, 3.8) is 0 Å². The van der Waals surface area contributed by atoms with Gasteiger partial charge in [0.05, 0.1) is 12.1 Å². The molecule has 0 aliphatic carbocycles. The first-order valence-electron chi connectivity index (χ1n) is 5.83. The fraction of sp³-hybridized carbons (Fsp3) is 0.833. The fourth-order valence-corrected chi connectivity index (χ4v) is 1.77. The summed E-state index contributed by atoms with van der Waals surface area (Å²) in [5, 5.41) is 2.69. The van der Waals surface area contributed by atoms with Crippen LogP contribution in [0.25, 0.3) is 0 Å². The molecule has 0 aromatic heterocycles. The molecule has 1 N–H and O–H groups in total. The average Bonchev–Trinajstić information content (AvgIpc) is 2.21. The Morgan fingerprint density at radius 1 is 1.41 bits per heavy atom. The van der Waals surface area contributed by atoms with E-state index in [1.54, 1.807) is 25.9 Å². The number of carbonyl (C=O) groups is 2. The summed E-state index contributed by atoms with van der Waals surface area (Å²) in [4.78, 5) is 25.2. The highest BCUT2D eigenvalue weighted by molar-refractivity contribution is 5.97. The molecule has 0 unspecified atom stereocenters. The molecule has 5 heteroatoms. The zero-order valence-electron chi connectivity index (χ0n) is 11.3. The number of hydrogen-bond donors (Lipinski definition) is 1. The van der Waals surface area contributed by atoms with Crippen LogP contribution in [0.4, 0.5) is 0 Å². The van der Waals surface area contributed by atoms with Crippen molar-refractivity contribution in [3.05, 3.63) is 0 Å². The normalized spacial score (nSPS) is 20.4. The quantitative estimate of drug-likeness (QED) is 0.782. The van der Waals surface area contributed by atoms with E-state index in [-0.39, 0.29) is 24.0 Å². The van der Waals surface area contributed by atoms with Gasteiger partial charge in [0, 0.05) is 13.7 Å². The van der Waals surface area contributed by atoms with Crippen LogP contribution in [0, 0.1) is 0 Å². The lowest BCUT2D eigenvalue weighted by Crippen LogP contribution is -2.64. The molecular formula is C12H22N2O3. The second-order valence-electron chi connectivity index (χ2n) is 5.61. The van der Waals surface area contributed by atoms with Gasteiger partial charge in [0.25, 0.3) is 0 Å². The monoisotopic (exact) mass is 242 g/mol. The smallest absolute Gasteiger partial charge is 0.248 e. The van der Waals surface area contributed by atoms with E-state index in [1.165, 1.54) is 0 Å². The van der Waals surface area contributed by atoms with Gasteiger partial charge in [0.15, 0.2) is 0 Å². The van der Waals surface area contributed by atoms with E-state index in [4.69, 9.17) is 4.74 Å². The summed E-state index contributed by atoms with van der Waals surface area (Å²) < 4.78 is 5.30. The zero-order chi connectivity index (χ0) is 13.3. The molecule has 98 valence electrons. The molecule has 0 saturated carbocycles. The zero-order valence-corrected chi connectivity index (χ0v) is 11.3. The van der Waals surface area contributed by atoms with E-state index >= 15 is 0 Å². The van der Waals surface area contributed by atoms with Gasteiger partial charge in [-0.05, 0) is 34.1 Å². The minimum Gasteiger partial charge on any atom is -0.379 e. The second-order valence-corrected chi connectivity index (χ2v) is 5.61. The number of methoxy groups -OCH3 is 1. The predicted octanol–water partition coefficient (Wildman–Crippen LogP) is 0.538. The molecule has 1 fully saturated rings. The lowest BCUT2D eigenvalue weighted by atomic mass is 9.98. The van der Waals surface area contributed by atoms with Crippen LogP contribution in [0.2, 0.25) is 0 Å². The van der Waals surface area contributed by atoms with Crippen LogP contribution in [0.5, 0.6) is 0 Å². The number of carbonyl (C=O) groups excluding carboxylic acids is 2. The standard InChI is InChI=1S/C12H22N2O3/c1-11(2,17-5)6-7-14-8-9(15)13-12(3,4)10(14)16/h6-8H2,1-5H3,(H,13,15). The summed E-state index contributed by atoms with van der Waals surface area (Å²) in [6, 6.07) is 0. The first kappa shape index (κ1) is 14.0.